The number of rotatable bonds is 6. The van der Waals surface area contributed by atoms with E-state index in [2.05, 4.69) is 5.32 Å². The third-order valence-corrected chi connectivity index (χ3v) is 4.65. The molecule has 1 aromatic carbocycles. The van der Waals surface area contributed by atoms with Crippen LogP contribution in [0.15, 0.2) is 58.9 Å². The Morgan fingerprint density at radius 3 is 2.52 bits per heavy atom. The van der Waals surface area contributed by atoms with Crippen molar-refractivity contribution >= 4 is 11.8 Å². The Hall–Kier alpha value is -3.73. The molecule has 1 saturated heterocycles. The summed E-state index contributed by atoms with van der Waals surface area (Å²) in [5.41, 5.74) is 1.00. The van der Waals surface area contributed by atoms with Crippen LogP contribution in [0.5, 0.6) is 5.75 Å². The Kier molecular flexibility index (Phi) is 6.53. The second-order valence-electron chi connectivity index (χ2n) is 6.63. The van der Waals surface area contributed by atoms with Crippen molar-refractivity contribution in [3.8, 4) is 11.8 Å². The van der Waals surface area contributed by atoms with Crippen molar-refractivity contribution in [3.63, 3.8) is 0 Å². The third-order valence-electron chi connectivity index (χ3n) is 4.65. The lowest BCUT2D eigenvalue weighted by Crippen LogP contribution is -2.47. The van der Waals surface area contributed by atoms with E-state index in [-0.39, 0.29) is 17.2 Å². The number of amides is 2. The summed E-state index contributed by atoms with van der Waals surface area (Å²) in [5, 5.41) is 21.3. The summed E-state index contributed by atoms with van der Waals surface area (Å²) in [5.74, 6) is -0.0929. The number of carbonyl (C=O) groups excluding carboxylic acids is 2. The van der Waals surface area contributed by atoms with Gasteiger partial charge in [0, 0.05) is 38.9 Å². The number of nitrogens with zero attached hydrogens (tertiary/aromatic N) is 3. The number of nitriles is 1. The molecule has 0 aliphatic carbocycles. The molecular weight excluding hydrogens is 372 g/mol. The first kappa shape index (κ1) is 20.0. The fourth-order valence-electron chi connectivity index (χ4n) is 3.01. The number of benzene rings is 1. The number of nitrogens with one attached hydrogen (secondary N) is 1. The Morgan fingerprint density at radius 2 is 1.90 bits per heavy atom. The fraction of sp³-hybridized carbons (Fsp3) is 0.286. The molecule has 2 N–H and O–H groups in total. The van der Waals surface area contributed by atoms with E-state index in [1.807, 2.05) is 11.0 Å². The first-order valence-corrected chi connectivity index (χ1v) is 9.31. The van der Waals surface area contributed by atoms with Crippen LogP contribution >= 0.6 is 0 Å². The highest BCUT2D eigenvalue weighted by atomic mass is 16.3. The third kappa shape index (κ3) is 5.39. The quantitative estimate of drug-likeness (QED) is 0.568. The van der Waals surface area contributed by atoms with E-state index in [4.69, 9.17) is 4.42 Å². The molecule has 1 aromatic heterocycles. The maximum absolute atomic E-state index is 12.3. The number of piperazine rings is 1. The molecule has 0 atom stereocenters. The minimum atomic E-state index is -0.430. The summed E-state index contributed by atoms with van der Waals surface area (Å²) in [4.78, 5) is 28.1. The van der Waals surface area contributed by atoms with Gasteiger partial charge in [0.05, 0.1) is 6.26 Å². The van der Waals surface area contributed by atoms with Gasteiger partial charge < -0.3 is 24.6 Å². The van der Waals surface area contributed by atoms with Gasteiger partial charge in [0.2, 0.25) is 0 Å². The van der Waals surface area contributed by atoms with Gasteiger partial charge in [-0.1, -0.05) is 12.1 Å². The summed E-state index contributed by atoms with van der Waals surface area (Å²) in [7, 11) is 0. The van der Waals surface area contributed by atoms with Crippen LogP contribution in [0.3, 0.4) is 0 Å². The monoisotopic (exact) mass is 394 g/mol. The Bertz CT molecular complexity index is 905. The second kappa shape index (κ2) is 9.46. The zero-order chi connectivity index (χ0) is 20.6. The Labute approximate surface area is 168 Å². The molecule has 1 aliphatic rings. The molecule has 2 aromatic rings. The molecule has 0 spiro atoms. The van der Waals surface area contributed by atoms with Gasteiger partial charge in [0.1, 0.15) is 17.4 Å². The largest absolute Gasteiger partial charge is 0.508 e. The topological polar surface area (TPSA) is 110 Å². The van der Waals surface area contributed by atoms with Crippen molar-refractivity contribution in [3.05, 3.63) is 65.8 Å². The molecule has 150 valence electrons. The first-order chi connectivity index (χ1) is 14.1. The smallest absolute Gasteiger partial charge is 0.289 e. The van der Waals surface area contributed by atoms with E-state index in [0.29, 0.717) is 44.9 Å². The van der Waals surface area contributed by atoms with Crippen molar-refractivity contribution in [1.82, 2.24) is 15.1 Å². The summed E-state index contributed by atoms with van der Waals surface area (Å²) < 4.78 is 5.14. The van der Waals surface area contributed by atoms with Gasteiger partial charge in [0.25, 0.3) is 11.8 Å². The average Bonchev–Trinajstić information content (AvgIpc) is 3.28. The van der Waals surface area contributed by atoms with Crippen LogP contribution in [0.25, 0.3) is 0 Å². The summed E-state index contributed by atoms with van der Waals surface area (Å²) >= 11 is 0. The number of furan rings is 1. The lowest BCUT2D eigenvalue weighted by Gasteiger charge is -2.33. The average molecular weight is 394 g/mol. The second-order valence-corrected chi connectivity index (χ2v) is 6.63. The highest BCUT2D eigenvalue weighted by Gasteiger charge is 2.23. The minimum Gasteiger partial charge on any atom is -0.508 e. The first-order valence-electron chi connectivity index (χ1n) is 9.31. The van der Waals surface area contributed by atoms with Crippen molar-refractivity contribution in [1.29, 1.82) is 5.26 Å². The molecule has 0 saturated carbocycles. The van der Waals surface area contributed by atoms with Gasteiger partial charge in [-0.15, -0.1) is 0 Å². The van der Waals surface area contributed by atoms with Gasteiger partial charge in [-0.2, -0.15) is 5.26 Å². The molecule has 0 unspecified atom stereocenters. The molecule has 1 fully saturated rings. The number of phenolic OH excluding ortho intramolecular Hbond substituents is 1. The fourth-order valence-corrected chi connectivity index (χ4v) is 3.01. The van der Waals surface area contributed by atoms with E-state index in [9.17, 15) is 20.0 Å². The van der Waals surface area contributed by atoms with E-state index in [0.717, 1.165) is 5.56 Å². The van der Waals surface area contributed by atoms with Gasteiger partial charge in [-0.3, -0.25) is 9.59 Å². The van der Waals surface area contributed by atoms with E-state index < -0.39 is 5.91 Å². The number of hydrogen-bond donors (Lipinski definition) is 2. The van der Waals surface area contributed by atoms with Crippen molar-refractivity contribution < 1.29 is 19.1 Å². The van der Waals surface area contributed by atoms with Gasteiger partial charge in [-0.05, 0) is 36.2 Å². The molecule has 3 rings (SSSR count). The van der Waals surface area contributed by atoms with Gasteiger partial charge >= 0.3 is 0 Å². The molecule has 2 heterocycles. The molecular formula is C21H22N4O4. The van der Waals surface area contributed by atoms with Gasteiger partial charge in [0.15, 0.2) is 5.76 Å². The summed E-state index contributed by atoms with van der Waals surface area (Å²) in [6, 6.07) is 12.0. The van der Waals surface area contributed by atoms with Crippen molar-refractivity contribution in [2.24, 2.45) is 0 Å². The lowest BCUT2D eigenvalue weighted by molar-refractivity contribution is -0.117. The van der Waals surface area contributed by atoms with E-state index >= 15 is 0 Å². The van der Waals surface area contributed by atoms with Crippen LogP contribution in [0, 0.1) is 11.3 Å². The standard InChI is InChI=1S/C21H22N4O4/c22-14-17(20(27)23-8-7-16-3-5-18(26)6-4-16)15-24-9-11-25(12-10-24)21(28)19-2-1-13-29-19/h1-6,13,15,26H,7-12H2,(H,23,27)/b17-15-. The zero-order valence-electron chi connectivity index (χ0n) is 15.9. The van der Waals surface area contributed by atoms with Crippen LogP contribution in [-0.2, 0) is 11.2 Å². The number of hydrogen-bond acceptors (Lipinski definition) is 6. The Morgan fingerprint density at radius 1 is 1.17 bits per heavy atom. The van der Waals surface area contributed by atoms with Crippen LogP contribution < -0.4 is 5.32 Å². The number of phenols is 1. The zero-order valence-corrected chi connectivity index (χ0v) is 15.9. The molecule has 8 heteroatoms. The van der Waals surface area contributed by atoms with Crippen LogP contribution in [-0.4, -0.2) is 59.4 Å². The predicted molar refractivity (Wildman–Crippen MR) is 105 cm³/mol. The molecule has 8 nitrogen and oxygen atoms in total. The summed E-state index contributed by atoms with van der Waals surface area (Å²) in [6.45, 7) is 2.40. The van der Waals surface area contributed by atoms with Crippen molar-refractivity contribution in [2.75, 3.05) is 32.7 Å². The van der Waals surface area contributed by atoms with Crippen LogP contribution in [0.2, 0.25) is 0 Å². The number of carbonyl (C=O) groups is 2. The molecule has 29 heavy (non-hydrogen) atoms. The maximum Gasteiger partial charge on any atom is 0.289 e. The van der Waals surface area contributed by atoms with Crippen LogP contribution in [0.4, 0.5) is 0 Å². The summed E-state index contributed by atoms with van der Waals surface area (Å²) in [6.07, 6.45) is 3.61. The maximum atomic E-state index is 12.3. The molecule has 0 radical (unpaired) electrons. The van der Waals surface area contributed by atoms with Crippen molar-refractivity contribution in [2.45, 2.75) is 6.42 Å². The van der Waals surface area contributed by atoms with E-state index in [1.54, 1.807) is 47.5 Å². The molecule has 0 bridgehead atoms. The molecule has 2 amide bonds. The highest BCUT2D eigenvalue weighted by Crippen LogP contribution is 2.11. The van der Waals surface area contributed by atoms with Crippen LogP contribution in [0.1, 0.15) is 16.1 Å². The minimum absolute atomic E-state index is 0.0292. The van der Waals surface area contributed by atoms with E-state index in [1.165, 1.54) is 6.26 Å². The SMILES string of the molecule is N#C/C(=C/N1CCN(C(=O)c2ccco2)CC1)C(=O)NCCc1ccc(O)cc1. The molecule has 1 aliphatic heterocycles. The Balaban J connectivity index is 1.48. The normalized spacial score (nSPS) is 14.4. The highest BCUT2D eigenvalue weighted by molar-refractivity contribution is 5.97. The van der Waals surface area contributed by atoms with Gasteiger partial charge in [-0.25, -0.2) is 0 Å². The number of aromatic hydroxyl groups is 1. The lowest BCUT2D eigenvalue weighted by atomic mass is 10.1. The predicted octanol–water partition coefficient (Wildman–Crippen LogP) is 1.51.